The number of nitrogens with zero attached hydrogens (tertiary/aromatic N) is 2. The van der Waals surface area contributed by atoms with Crippen LogP contribution in [0.4, 0.5) is 4.79 Å². The molecule has 1 fully saturated rings. The standard InChI is InChI=1S/C19H29N3O3/c1-19(2,3)25-18(24)22-12-8-16(9-13-22)17(23)21-11-5-7-15-6-4-10-20-14-15/h4,6,10,14,16H,5,7-9,11-13H2,1-3H3,(H,21,23). The Morgan fingerprint density at radius 3 is 2.64 bits per heavy atom. The third-order valence-electron chi connectivity index (χ3n) is 4.18. The summed E-state index contributed by atoms with van der Waals surface area (Å²) in [5.41, 5.74) is 0.696. The van der Waals surface area contributed by atoms with E-state index in [1.54, 1.807) is 11.1 Å². The van der Waals surface area contributed by atoms with Crippen LogP contribution in [0.15, 0.2) is 24.5 Å². The summed E-state index contributed by atoms with van der Waals surface area (Å²) in [5, 5.41) is 3.01. The highest BCUT2D eigenvalue weighted by atomic mass is 16.6. The molecule has 2 rings (SSSR count). The number of piperidine rings is 1. The first-order valence-corrected chi connectivity index (χ1v) is 9.00. The molecule has 1 aromatic heterocycles. The summed E-state index contributed by atoms with van der Waals surface area (Å²) >= 11 is 0. The predicted molar refractivity (Wildman–Crippen MR) is 96.1 cm³/mol. The molecule has 1 saturated heterocycles. The molecule has 0 aromatic carbocycles. The molecule has 2 heterocycles. The Kier molecular flexibility index (Phi) is 6.79. The van der Waals surface area contributed by atoms with E-state index >= 15 is 0 Å². The third-order valence-corrected chi connectivity index (χ3v) is 4.18. The van der Waals surface area contributed by atoms with Gasteiger partial charge in [-0.05, 0) is 58.1 Å². The molecule has 1 aliphatic rings. The Labute approximate surface area is 150 Å². The highest BCUT2D eigenvalue weighted by molar-refractivity contribution is 5.79. The Balaban J connectivity index is 1.64. The Hall–Kier alpha value is -2.11. The van der Waals surface area contributed by atoms with Crippen LogP contribution in [0.5, 0.6) is 0 Å². The topological polar surface area (TPSA) is 71.5 Å². The van der Waals surface area contributed by atoms with Gasteiger partial charge >= 0.3 is 6.09 Å². The number of carbonyl (C=O) groups is 2. The Morgan fingerprint density at radius 1 is 1.32 bits per heavy atom. The van der Waals surface area contributed by atoms with E-state index in [-0.39, 0.29) is 17.9 Å². The van der Waals surface area contributed by atoms with Gasteiger partial charge in [-0.15, -0.1) is 0 Å². The van der Waals surface area contributed by atoms with Crippen molar-refractivity contribution in [2.24, 2.45) is 5.92 Å². The van der Waals surface area contributed by atoms with E-state index in [1.807, 2.05) is 39.1 Å². The van der Waals surface area contributed by atoms with Gasteiger partial charge < -0.3 is 15.0 Å². The molecule has 2 amide bonds. The molecule has 1 aliphatic heterocycles. The molecular formula is C19H29N3O3. The number of carbonyl (C=O) groups excluding carboxylic acids is 2. The molecule has 138 valence electrons. The first kappa shape index (κ1) is 19.2. The van der Waals surface area contributed by atoms with Crippen LogP contribution in [0.25, 0.3) is 0 Å². The molecule has 0 spiro atoms. The second-order valence-corrected chi connectivity index (χ2v) is 7.50. The number of rotatable bonds is 5. The Bertz CT molecular complexity index is 561. The van der Waals surface area contributed by atoms with Crippen LogP contribution >= 0.6 is 0 Å². The normalized spacial score (nSPS) is 15.7. The summed E-state index contributed by atoms with van der Waals surface area (Å²) in [6.45, 7) is 7.38. The lowest BCUT2D eigenvalue weighted by molar-refractivity contribution is -0.126. The second-order valence-electron chi connectivity index (χ2n) is 7.50. The van der Waals surface area contributed by atoms with Gasteiger partial charge in [-0.2, -0.15) is 0 Å². The molecule has 25 heavy (non-hydrogen) atoms. The van der Waals surface area contributed by atoms with Crippen molar-refractivity contribution in [3.63, 3.8) is 0 Å². The van der Waals surface area contributed by atoms with Crippen LogP contribution in [-0.4, -0.2) is 47.1 Å². The molecular weight excluding hydrogens is 318 g/mol. The minimum Gasteiger partial charge on any atom is -0.444 e. The maximum atomic E-state index is 12.3. The SMILES string of the molecule is CC(C)(C)OC(=O)N1CCC(C(=O)NCCCc2cccnc2)CC1. The van der Waals surface area contributed by atoms with Crippen LogP contribution in [0.2, 0.25) is 0 Å². The number of nitrogens with one attached hydrogen (secondary N) is 1. The molecule has 0 aliphatic carbocycles. The first-order valence-electron chi connectivity index (χ1n) is 9.00. The van der Waals surface area contributed by atoms with Crippen LogP contribution in [-0.2, 0) is 16.0 Å². The van der Waals surface area contributed by atoms with E-state index in [9.17, 15) is 9.59 Å². The molecule has 1 aromatic rings. The maximum Gasteiger partial charge on any atom is 0.410 e. The zero-order chi connectivity index (χ0) is 18.3. The number of likely N-dealkylation sites (tertiary alicyclic amines) is 1. The number of hydrogen-bond acceptors (Lipinski definition) is 4. The molecule has 0 bridgehead atoms. The minimum absolute atomic E-state index is 0.0166. The van der Waals surface area contributed by atoms with Crippen LogP contribution in [0.3, 0.4) is 0 Å². The molecule has 1 N–H and O–H groups in total. The first-order chi connectivity index (χ1) is 11.8. The summed E-state index contributed by atoms with van der Waals surface area (Å²) < 4.78 is 5.38. The van der Waals surface area contributed by atoms with Gasteiger partial charge in [0.05, 0.1) is 0 Å². The summed E-state index contributed by atoms with van der Waals surface area (Å²) in [6, 6.07) is 3.97. The van der Waals surface area contributed by atoms with Crippen molar-refractivity contribution in [3.05, 3.63) is 30.1 Å². The van der Waals surface area contributed by atoms with Gasteiger partial charge in [0, 0.05) is 37.9 Å². The summed E-state index contributed by atoms with van der Waals surface area (Å²) in [6.07, 6.45) is 6.51. The molecule has 0 atom stereocenters. The quantitative estimate of drug-likeness (QED) is 0.832. The zero-order valence-electron chi connectivity index (χ0n) is 15.5. The summed E-state index contributed by atoms with van der Waals surface area (Å²) in [7, 11) is 0. The van der Waals surface area contributed by atoms with E-state index in [0.29, 0.717) is 32.5 Å². The van der Waals surface area contributed by atoms with Crippen LogP contribution in [0, 0.1) is 5.92 Å². The van der Waals surface area contributed by atoms with Crippen LogP contribution in [0.1, 0.15) is 45.6 Å². The number of ether oxygens (including phenoxy) is 1. The van der Waals surface area contributed by atoms with Crippen molar-refractivity contribution >= 4 is 12.0 Å². The van der Waals surface area contributed by atoms with Crippen LogP contribution < -0.4 is 5.32 Å². The molecule has 6 heteroatoms. The smallest absolute Gasteiger partial charge is 0.410 e. The molecule has 6 nitrogen and oxygen atoms in total. The van der Waals surface area contributed by atoms with E-state index in [1.165, 1.54) is 5.56 Å². The zero-order valence-corrected chi connectivity index (χ0v) is 15.5. The predicted octanol–water partition coefficient (Wildman–Crippen LogP) is 2.78. The van der Waals surface area contributed by atoms with Crippen molar-refractivity contribution < 1.29 is 14.3 Å². The van der Waals surface area contributed by atoms with Gasteiger partial charge in [0.15, 0.2) is 0 Å². The fourth-order valence-electron chi connectivity index (χ4n) is 2.85. The number of aryl methyl sites for hydroxylation is 1. The van der Waals surface area contributed by atoms with Crippen molar-refractivity contribution in [3.8, 4) is 0 Å². The number of pyridine rings is 1. The fraction of sp³-hybridized carbons (Fsp3) is 0.632. The van der Waals surface area contributed by atoms with Crippen molar-refractivity contribution in [1.82, 2.24) is 15.2 Å². The number of hydrogen-bond donors (Lipinski definition) is 1. The Morgan fingerprint density at radius 2 is 2.04 bits per heavy atom. The average Bonchev–Trinajstić information content (AvgIpc) is 2.58. The number of amides is 2. The van der Waals surface area contributed by atoms with Gasteiger partial charge in [0.2, 0.25) is 5.91 Å². The van der Waals surface area contributed by atoms with E-state index in [4.69, 9.17) is 4.74 Å². The highest BCUT2D eigenvalue weighted by Crippen LogP contribution is 2.19. The molecule has 0 saturated carbocycles. The van der Waals surface area contributed by atoms with Gasteiger partial charge in [-0.3, -0.25) is 9.78 Å². The largest absolute Gasteiger partial charge is 0.444 e. The average molecular weight is 347 g/mol. The van der Waals surface area contributed by atoms with Gasteiger partial charge in [0.1, 0.15) is 5.60 Å². The molecule has 0 unspecified atom stereocenters. The number of aromatic nitrogens is 1. The monoisotopic (exact) mass is 347 g/mol. The summed E-state index contributed by atoms with van der Waals surface area (Å²) in [5.74, 6) is 0.0760. The highest BCUT2D eigenvalue weighted by Gasteiger charge is 2.29. The summed E-state index contributed by atoms with van der Waals surface area (Å²) in [4.78, 5) is 30.1. The van der Waals surface area contributed by atoms with Crippen molar-refractivity contribution in [1.29, 1.82) is 0 Å². The maximum absolute atomic E-state index is 12.3. The fourth-order valence-corrected chi connectivity index (χ4v) is 2.85. The van der Waals surface area contributed by atoms with Gasteiger partial charge in [-0.1, -0.05) is 6.07 Å². The van der Waals surface area contributed by atoms with Gasteiger partial charge in [0.25, 0.3) is 0 Å². The lowest BCUT2D eigenvalue weighted by Crippen LogP contribution is -2.45. The minimum atomic E-state index is -0.487. The second kappa shape index (κ2) is 8.83. The lowest BCUT2D eigenvalue weighted by atomic mass is 9.96. The third kappa shape index (κ3) is 6.72. The van der Waals surface area contributed by atoms with Gasteiger partial charge in [-0.25, -0.2) is 4.79 Å². The van der Waals surface area contributed by atoms with Crippen molar-refractivity contribution in [2.75, 3.05) is 19.6 Å². The van der Waals surface area contributed by atoms with Crippen molar-refractivity contribution in [2.45, 2.75) is 52.1 Å². The van der Waals surface area contributed by atoms with E-state index in [2.05, 4.69) is 10.3 Å². The van der Waals surface area contributed by atoms with E-state index < -0.39 is 5.60 Å². The lowest BCUT2D eigenvalue weighted by Gasteiger charge is -2.32. The van der Waals surface area contributed by atoms with E-state index in [0.717, 1.165) is 12.8 Å². The molecule has 0 radical (unpaired) electrons.